The number of fused-ring (bicyclic) bond motifs is 1. The number of rotatable bonds is 5. The summed E-state index contributed by atoms with van der Waals surface area (Å²) in [6, 6.07) is 6.89. The van der Waals surface area contributed by atoms with Crippen LogP contribution in [-0.4, -0.2) is 35.5 Å². The van der Waals surface area contributed by atoms with Crippen LogP contribution in [0.4, 0.5) is 4.79 Å². The van der Waals surface area contributed by atoms with Gasteiger partial charge in [-0.05, 0) is 37.8 Å². The molecule has 2 aromatic rings. The average molecular weight is 397 g/mol. The quantitative estimate of drug-likeness (QED) is 0.754. The van der Waals surface area contributed by atoms with E-state index >= 15 is 0 Å². The van der Waals surface area contributed by atoms with Crippen LogP contribution >= 0.6 is 0 Å². The number of carbonyl (C=O) groups excluding carboxylic acids is 3. The van der Waals surface area contributed by atoms with E-state index in [1.54, 1.807) is 0 Å². The molecular weight excluding hydrogens is 370 g/mol. The summed E-state index contributed by atoms with van der Waals surface area (Å²) in [6.45, 7) is 3.28. The molecule has 0 atom stereocenters. The molecule has 1 aromatic carbocycles. The van der Waals surface area contributed by atoms with Gasteiger partial charge in [0, 0.05) is 17.1 Å². The highest BCUT2D eigenvalue weighted by Crippen LogP contribution is 2.24. The number of esters is 1. The average Bonchev–Trinajstić information content (AvgIpc) is 2.72. The van der Waals surface area contributed by atoms with E-state index in [9.17, 15) is 14.4 Å². The minimum Gasteiger partial charge on any atom is -0.452 e. The van der Waals surface area contributed by atoms with Crippen LogP contribution in [0.25, 0.3) is 10.9 Å². The Kier molecular flexibility index (Phi) is 6.80. The highest BCUT2D eigenvalue weighted by Gasteiger charge is 2.21. The van der Waals surface area contributed by atoms with Gasteiger partial charge in [0.25, 0.3) is 5.91 Å². The number of hydrogen-bond donors (Lipinski definition) is 2. The normalized spacial score (nSPS) is 14.4. The van der Waals surface area contributed by atoms with Gasteiger partial charge in [0.1, 0.15) is 0 Å². The molecular formula is C22H27N3O4. The number of nitrogens with zero attached hydrogens (tertiary/aromatic N) is 1. The summed E-state index contributed by atoms with van der Waals surface area (Å²) < 4.78 is 5.21. The lowest BCUT2D eigenvalue weighted by Crippen LogP contribution is -2.46. The number of hydrogen-bond acceptors (Lipinski definition) is 5. The Morgan fingerprint density at radius 3 is 2.59 bits per heavy atom. The van der Waals surface area contributed by atoms with Gasteiger partial charge in [0.15, 0.2) is 6.61 Å². The van der Waals surface area contributed by atoms with E-state index < -0.39 is 24.5 Å². The third-order valence-corrected chi connectivity index (χ3v) is 5.30. The van der Waals surface area contributed by atoms with Crippen molar-refractivity contribution in [1.82, 2.24) is 15.6 Å². The molecule has 7 nitrogen and oxygen atoms in total. The Hall–Kier alpha value is -2.96. The summed E-state index contributed by atoms with van der Waals surface area (Å²) in [5.74, 6) is -1.25. The molecule has 0 radical (unpaired) electrons. The van der Waals surface area contributed by atoms with E-state index in [-0.39, 0.29) is 6.04 Å². The number of aromatic nitrogens is 1. The molecule has 0 unspecified atom stereocenters. The van der Waals surface area contributed by atoms with Crippen molar-refractivity contribution in [1.29, 1.82) is 0 Å². The first-order valence-electron chi connectivity index (χ1n) is 10.1. The number of imide groups is 1. The maximum Gasteiger partial charge on any atom is 0.339 e. The molecule has 7 heteroatoms. The van der Waals surface area contributed by atoms with Gasteiger partial charge in [-0.3, -0.25) is 15.1 Å². The number of aryl methyl sites for hydroxylation is 1. The minimum absolute atomic E-state index is 0.0948. The van der Waals surface area contributed by atoms with Crippen LogP contribution < -0.4 is 10.6 Å². The fraction of sp³-hybridized carbons (Fsp3) is 0.455. The molecule has 2 N–H and O–H groups in total. The van der Waals surface area contributed by atoms with Crippen molar-refractivity contribution in [3.05, 3.63) is 41.1 Å². The zero-order valence-corrected chi connectivity index (χ0v) is 16.9. The van der Waals surface area contributed by atoms with Gasteiger partial charge in [-0.1, -0.05) is 44.4 Å². The predicted octanol–water partition coefficient (Wildman–Crippen LogP) is 3.42. The molecule has 0 spiro atoms. The first kappa shape index (κ1) is 20.8. The van der Waals surface area contributed by atoms with E-state index in [1.165, 1.54) is 6.42 Å². The summed E-state index contributed by atoms with van der Waals surface area (Å²) in [5, 5.41) is 5.71. The largest absolute Gasteiger partial charge is 0.452 e. The standard InChI is InChI=1S/C22H27N3O4/c1-3-17-14(2)20(16-11-7-8-12-18(16)24-17)21(27)29-13-19(26)25-22(28)23-15-9-5-4-6-10-15/h7-8,11-12,15H,3-6,9-10,13H2,1-2H3,(H2,23,25,26,28). The van der Waals surface area contributed by atoms with Crippen LogP contribution in [0.3, 0.4) is 0 Å². The molecule has 29 heavy (non-hydrogen) atoms. The summed E-state index contributed by atoms with van der Waals surface area (Å²) >= 11 is 0. The first-order valence-corrected chi connectivity index (χ1v) is 10.1. The Bertz CT molecular complexity index is 920. The number of amides is 3. The molecule has 1 saturated carbocycles. The molecule has 3 rings (SSSR count). The van der Waals surface area contributed by atoms with Gasteiger partial charge in [0.2, 0.25) is 0 Å². The maximum atomic E-state index is 12.7. The van der Waals surface area contributed by atoms with Crippen LogP contribution in [-0.2, 0) is 16.0 Å². The second-order valence-corrected chi connectivity index (χ2v) is 7.36. The van der Waals surface area contributed by atoms with Gasteiger partial charge >= 0.3 is 12.0 Å². The molecule has 0 aliphatic heterocycles. The predicted molar refractivity (Wildman–Crippen MR) is 110 cm³/mol. The summed E-state index contributed by atoms with van der Waals surface area (Å²) in [4.78, 5) is 41.3. The second kappa shape index (κ2) is 9.49. The molecule has 1 aliphatic rings. The highest BCUT2D eigenvalue weighted by molar-refractivity contribution is 6.05. The highest BCUT2D eigenvalue weighted by atomic mass is 16.5. The molecule has 1 aromatic heterocycles. The Balaban J connectivity index is 1.62. The van der Waals surface area contributed by atoms with Crippen molar-refractivity contribution in [3.63, 3.8) is 0 Å². The van der Waals surface area contributed by atoms with Crippen LogP contribution in [0.1, 0.15) is 60.6 Å². The molecule has 1 aliphatic carbocycles. The summed E-state index contributed by atoms with van der Waals surface area (Å²) in [5.41, 5.74) is 2.67. The van der Waals surface area contributed by atoms with E-state index in [4.69, 9.17) is 4.74 Å². The SMILES string of the molecule is CCc1nc2ccccc2c(C(=O)OCC(=O)NC(=O)NC2CCCCC2)c1C. The maximum absolute atomic E-state index is 12.7. The van der Waals surface area contributed by atoms with Crippen LogP contribution in [0.15, 0.2) is 24.3 Å². The molecule has 0 saturated heterocycles. The zero-order valence-electron chi connectivity index (χ0n) is 16.9. The number of benzene rings is 1. The third-order valence-electron chi connectivity index (χ3n) is 5.30. The van der Waals surface area contributed by atoms with Gasteiger partial charge in [0.05, 0.1) is 11.1 Å². The molecule has 3 amide bonds. The van der Waals surface area contributed by atoms with Gasteiger partial charge < -0.3 is 10.1 Å². The van der Waals surface area contributed by atoms with Crippen molar-refractivity contribution >= 4 is 28.8 Å². The van der Waals surface area contributed by atoms with Crippen molar-refractivity contribution in [3.8, 4) is 0 Å². The van der Waals surface area contributed by atoms with E-state index in [0.717, 1.165) is 36.9 Å². The smallest absolute Gasteiger partial charge is 0.339 e. The lowest BCUT2D eigenvalue weighted by Gasteiger charge is -2.22. The number of carbonyl (C=O) groups is 3. The lowest BCUT2D eigenvalue weighted by molar-refractivity contribution is -0.123. The number of para-hydroxylation sites is 1. The Labute approximate surface area is 170 Å². The zero-order chi connectivity index (χ0) is 20.8. The monoisotopic (exact) mass is 397 g/mol. The van der Waals surface area contributed by atoms with Gasteiger partial charge in [-0.2, -0.15) is 0 Å². The van der Waals surface area contributed by atoms with E-state index in [1.807, 2.05) is 38.1 Å². The molecule has 1 heterocycles. The van der Waals surface area contributed by atoms with Gasteiger partial charge in [-0.15, -0.1) is 0 Å². The molecule has 1 fully saturated rings. The summed E-state index contributed by atoms with van der Waals surface area (Å²) in [6.07, 6.45) is 5.86. The Morgan fingerprint density at radius 1 is 1.14 bits per heavy atom. The number of ether oxygens (including phenoxy) is 1. The van der Waals surface area contributed by atoms with Gasteiger partial charge in [-0.25, -0.2) is 9.59 Å². The van der Waals surface area contributed by atoms with Crippen LogP contribution in [0, 0.1) is 6.92 Å². The second-order valence-electron chi connectivity index (χ2n) is 7.36. The number of pyridine rings is 1. The van der Waals surface area contributed by atoms with Crippen molar-refractivity contribution < 1.29 is 19.1 Å². The first-order chi connectivity index (χ1) is 14.0. The van der Waals surface area contributed by atoms with Crippen molar-refractivity contribution in [2.75, 3.05) is 6.61 Å². The molecule has 0 bridgehead atoms. The molecule has 154 valence electrons. The number of nitrogens with one attached hydrogen (secondary N) is 2. The van der Waals surface area contributed by atoms with Crippen LogP contribution in [0.5, 0.6) is 0 Å². The topological polar surface area (TPSA) is 97.4 Å². The number of urea groups is 1. The summed E-state index contributed by atoms with van der Waals surface area (Å²) in [7, 11) is 0. The lowest BCUT2D eigenvalue weighted by atomic mass is 9.96. The fourth-order valence-corrected chi connectivity index (χ4v) is 3.80. The van der Waals surface area contributed by atoms with Crippen molar-refractivity contribution in [2.45, 2.75) is 58.4 Å². The minimum atomic E-state index is -0.654. The van der Waals surface area contributed by atoms with Crippen LogP contribution in [0.2, 0.25) is 0 Å². The van der Waals surface area contributed by atoms with E-state index in [0.29, 0.717) is 22.9 Å². The fourth-order valence-electron chi connectivity index (χ4n) is 3.80. The van der Waals surface area contributed by atoms with Crippen molar-refractivity contribution in [2.24, 2.45) is 0 Å². The third kappa shape index (κ3) is 5.10. The van der Waals surface area contributed by atoms with E-state index in [2.05, 4.69) is 15.6 Å². The Morgan fingerprint density at radius 2 is 1.86 bits per heavy atom.